The maximum absolute atomic E-state index is 8.85. The monoisotopic (exact) mass is 435 g/mol. The predicted octanol–water partition coefficient (Wildman–Crippen LogP) is 4.00. The third kappa shape index (κ3) is 3.97. The molecular weight excluding hydrogens is 414 g/mol. The molecule has 9 nitrogen and oxygen atoms in total. The first-order valence-electron chi connectivity index (χ1n) is 10.4. The van der Waals surface area contributed by atoms with Crippen molar-refractivity contribution in [2.45, 2.75) is 6.42 Å². The molecule has 0 saturated carbocycles. The Labute approximate surface area is 190 Å². The number of benzene rings is 1. The van der Waals surface area contributed by atoms with Crippen molar-refractivity contribution in [2.75, 3.05) is 17.6 Å². The number of aryl methyl sites for hydroxylation is 1. The second-order valence-electron chi connectivity index (χ2n) is 7.60. The first-order chi connectivity index (χ1) is 16.1. The van der Waals surface area contributed by atoms with Crippen LogP contribution in [0.5, 0.6) is 0 Å². The van der Waals surface area contributed by atoms with Crippen molar-refractivity contribution in [2.24, 2.45) is 7.05 Å². The molecule has 4 N–H and O–H groups in total. The molecule has 0 radical (unpaired) electrons. The molecule has 0 aliphatic carbocycles. The normalized spacial score (nSPS) is 10.9. The number of nitrogen functional groups attached to an aromatic ring is 1. The number of hydrogen-bond donors (Lipinski definition) is 3. The van der Waals surface area contributed by atoms with Gasteiger partial charge in [-0.15, -0.1) is 0 Å². The maximum atomic E-state index is 8.85. The molecule has 0 bridgehead atoms. The van der Waals surface area contributed by atoms with Crippen LogP contribution in [0.25, 0.3) is 44.7 Å². The zero-order valence-corrected chi connectivity index (χ0v) is 17.9. The van der Waals surface area contributed by atoms with Crippen LogP contribution < -0.4 is 11.1 Å². The van der Waals surface area contributed by atoms with Gasteiger partial charge in [-0.2, -0.15) is 10.4 Å². The summed E-state index contributed by atoms with van der Waals surface area (Å²) >= 11 is 0. The van der Waals surface area contributed by atoms with Crippen LogP contribution in [0.1, 0.15) is 6.42 Å². The third-order valence-corrected chi connectivity index (χ3v) is 5.34. The number of anilines is 2. The molecule has 0 unspecified atom stereocenters. The molecule has 4 aromatic heterocycles. The smallest absolute Gasteiger partial charge is 0.221 e. The van der Waals surface area contributed by atoms with Crippen LogP contribution in [0, 0.1) is 11.3 Å². The number of para-hydroxylation sites is 1. The largest absolute Gasteiger partial charge is 0.383 e. The molecule has 0 aliphatic heterocycles. The van der Waals surface area contributed by atoms with Gasteiger partial charge in [-0.05, 0) is 18.2 Å². The van der Waals surface area contributed by atoms with Crippen molar-refractivity contribution in [3.8, 4) is 39.7 Å². The maximum Gasteiger partial charge on any atom is 0.221 e. The number of hydrogen-bond acceptors (Lipinski definition) is 7. The van der Waals surface area contributed by atoms with Gasteiger partial charge in [-0.3, -0.25) is 4.68 Å². The Morgan fingerprint density at radius 3 is 2.70 bits per heavy atom. The summed E-state index contributed by atoms with van der Waals surface area (Å²) < 4.78 is 1.76. The first kappa shape index (κ1) is 20.2. The summed E-state index contributed by atoms with van der Waals surface area (Å²) in [6.07, 6.45) is 7.88. The van der Waals surface area contributed by atoms with E-state index in [1.165, 1.54) is 0 Å². The van der Waals surface area contributed by atoms with E-state index in [-0.39, 0.29) is 5.95 Å². The van der Waals surface area contributed by atoms with Crippen LogP contribution in [0.3, 0.4) is 0 Å². The fourth-order valence-corrected chi connectivity index (χ4v) is 3.80. The second-order valence-corrected chi connectivity index (χ2v) is 7.60. The topological polar surface area (TPSA) is 134 Å². The lowest BCUT2D eigenvalue weighted by Gasteiger charge is -2.12. The van der Waals surface area contributed by atoms with E-state index in [1.807, 2.05) is 62.2 Å². The Bertz CT molecular complexity index is 1490. The minimum atomic E-state index is 0.181. The van der Waals surface area contributed by atoms with Crippen molar-refractivity contribution < 1.29 is 0 Å². The zero-order chi connectivity index (χ0) is 22.8. The van der Waals surface area contributed by atoms with Crippen molar-refractivity contribution in [3.05, 3.63) is 61.2 Å². The molecule has 4 heterocycles. The highest BCUT2D eigenvalue weighted by Gasteiger charge is 2.15. The third-order valence-electron chi connectivity index (χ3n) is 5.34. The lowest BCUT2D eigenvalue weighted by Crippen LogP contribution is -2.03. The van der Waals surface area contributed by atoms with Gasteiger partial charge in [0.1, 0.15) is 5.65 Å². The van der Waals surface area contributed by atoms with Gasteiger partial charge in [-0.1, -0.05) is 18.2 Å². The summed E-state index contributed by atoms with van der Waals surface area (Å²) in [6.45, 7) is 0.548. The van der Waals surface area contributed by atoms with Gasteiger partial charge >= 0.3 is 0 Å². The van der Waals surface area contributed by atoms with E-state index in [2.05, 4.69) is 42.5 Å². The molecule has 1 aromatic carbocycles. The van der Waals surface area contributed by atoms with Crippen LogP contribution in [0.15, 0.2) is 61.2 Å². The van der Waals surface area contributed by atoms with Crippen LogP contribution in [0.2, 0.25) is 0 Å². The number of nitriles is 1. The van der Waals surface area contributed by atoms with Gasteiger partial charge in [0.05, 0.1) is 30.1 Å². The molecule has 0 saturated heterocycles. The van der Waals surface area contributed by atoms with Gasteiger partial charge in [0.2, 0.25) is 5.95 Å². The second kappa shape index (κ2) is 8.43. The number of pyridine rings is 1. The molecule has 5 rings (SSSR count). The highest BCUT2D eigenvalue weighted by molar-refractivity contribution is 5.95. The van der Waals surface area contributed by atoms with Crippen LogP contribution in [0.4, 0.5) is 11.6 Å². The van der Waals surface area contributed by atoms with E-state index < -0.39 is 0 Å². The van der Waals surface area contributed by atoms with Crippen molar-refractivity contribution in [1.82, 2.24) is 29.7 Å². The van der Waals surface area contributed by atoms with Gasteiger partial charge in [0.15, 0.2) is 0 Å². The van der Waals surface area contributed by atoms with Crippen LogP contribution >= 0.6 is 0 Å². The molecule has 0 amide bonds. The molecular formula is C24H21N9. The van der Waals surface area contributed by atoms with Crippen LogP contribution in [-0.4, -0.2) is 36.3 Å². The summed E-state index contributed by atoms with van der Waals surface area (Å²) in [5, 5.41) is 17.3. The summed E-state index contributed by atoms with van der Waals surface area (Å²) in [5.74, 6) is 0.181. The van der Waals surface area contributed by atoms with E-state index in [0.717, 1.165) is 39.0 Å². The highest BCUT2D eigenvalue weighted by atomic mass is 15.2. The summed E-state index contributed by atoms with van der Waals surface area (Å²) in [6, 6.07) is 13.9. The molecule has 9 heteroatoms. The summed E-state index contributed by atoms with van der Waals surface area (Å²) in [4.78, 5) is 16.8. The molecule has 5 aromatic rings. The molecule has 33 heavy (non-hydrogen) atoms. The number of aromatic amines is 1. The molecule has 0 spiro atoms. The molecule has 162 valence electrons. The van der Waals surface area contributed by atoms with Crippen LogP contribution in [-0.2, 0) is 7.05 Å². The van der Waals surface area contributed by atoms with E-state index in [4.69, 9.17) is 11.0 Å². The lowest BCUT2D eigenvalue weighted by atomic mass is 10.0. The molecule has 0 aliphatic rings. The average molecular weight is 435 g/mol. The molecule has 0 atom stereocenters. The van der Waals surface area contributed by atoms with Gasteiger partial charge in [0, 0.05) is 65.5 Å². The number of fused-ring (bicyclic) bond motifs is 1. The van der Waals surface area contributed by atoms with E-state index in [9.17, 15) is 0 Å². The summed E-state index contributed by atoms with van der Waals surface area (Å²) in [5.41, 5.74) is 12.9. The number of nitrogens with one attached hydrogen (secondary N) is 2. The predicted molar refractivity (Wildman–Crippen MR) is 128 cm³/mol. The Morgan fingerprint density at radius 2 is 1.91 bits per heavy atom. The van der Waals surface area contributed by atoms with Gasteiger partial charge in [0.25, 0.3) is 0 Å². The summed E-state index contributed by atoms with van der Waals surface area (Å²) in [7, 11) is 1.88. The van der Waals surface area contributed by atoms with E-state index >= 15 is 0 Å². The zero-order valence-electron chi connectivity index (χ0n) is 17.9. The number of nitrogens with zero attached hydrogens (tertiary/aromatic N) is 6. The van der Waals surface area contributed by atoms with Gasteiger partial charge in [-0.25, -0.2) is 15.0 Å². The van der Waals surface area contributed by atoms with E-state index in [1.54, 1.807) is 4.68 Å². The highest BCUT2D eigenvalue weighted by Crippen LogP contribution is 2.33. The quantitative estimate of drug-likeness (QED) is 0.343. The Kier molecular flexibility index (Phi) is 5.16. The Morgan fingerprint density at radius 1 is 1.09 bits per heavy atom. The Balaban J connectivity index is 1.59. The SMILES string of the molecule is Cn1cc(-c2cnc3[nH]cc(-c4cc(-c5ccccc5NCCC#N)nc(N)n4)c3c2)cn1. The number of nitrogens with two attached hydrogens (primary N) is 1. The standard InChI is InChI=1S/C24H21N9/c1-33-14-16(12-30-33)15-9-18-19(13-29-23(18)28-11-15)22-10-21(31-24(26)32-22)17-5-2-3-6-20(17)27-8-4-7-25/h2-3,5-6,9-14,27H,4,8H2,1H3,(H,28,29)(H2,26,31,32). The number of aromatic nitrogens is 6. The van der Waals surface area contributed by atoms with Crippen molar-refractivity contribution in [1.29, 1.82) is 5.26 Å². The fraction of sp³-hybridized carbons (Fsp3) is 0.125. The first-order valence-corrected chi connectivity index (χ1v) is 10.4. The fourth-order valence-electron chi connectivity index (χ4n) is 3.80. The van der Waals surface area contributed by atoms with Gasteiger partial charge < -0.3 is 16.0 Å². The number of H-pyrrole nitrogens is 1. The van der Waals surface area contributed by atoms with Crippen molar-refractivity contribution >= 4 is 22.7 Å². The van der Waals surface area contributed by atoms with E-state index in [0.29, 0.717) is 24.4 Å². The lowest BCUT2D eigenvalue weighted by molar-refractivity contribution is 0.768. The van der Waals surface area contributed by atoms with Crippen molar-refractivity contribution in [3.63, 3.8) is 0 Å². The molecule has 0 fully saturated rings. The Hall–Kier alpha value is -4.71. The number of rotatable bonds is 6. The minimum Gasteiger partial charge on any atom is -0.383 e. The minimum absolute atomic E-state index is 0.181. The average Bonchev–Trinajstić information content (AvgIpc) is 3.45.